The van der Waals surface area contributed by atoms with Gasteiger partial charge in [-0.1, -0.05) is 0 Å². The molecule has 0 aliphatic carbocycles. The van der Waals surface area contributed by atoms with Gasteiger partial charge in [-0.2, -0.15) is 11.8 Å². The Hall–Kier alpha value is 0.270. The number of hydrogen-bond donors (Lipinski definition) is 2. The molecule has 3 heteroatoms. The molecule has 0 aromatic heterocycles. The molecule has 2 fully saturated rings. The standard InChI is InChI=1S/C8H16N2S/c9-5-1-3-7-6(10)2-4-8(5)11-7/h5-8H,1-4,9-10H2/t5-,6-,7-,8-/m1/s1. The van der Waals surface area contributed by atoms with Gasteiger partial charge in [-0.15, -0.1) is 0 Å². The number of hydrogen-bond acceptors (Lipinski definition) is 3. The minimum absolute atomic E-state index is 0.448. The SMILES string of the molecule is N[C@@H]1CC[C@H]2S[C@@H]1CC[C@H]2N. The Balaban J connectivity index is 2.02. The first-order valence-corrected chi connectivity index (χ1v) is 5.38. The van der Waals surface area contributed by atoms with Gasteiger partial charge >= 0.3 is 0 Å². The highest BCUT2D eigenvalue weighted by Gasteiger charge is 2.35. The van der Waals surface area contributed by atoms with E-state index in [4.69, 9.17) is 11.5 Å². The van der Waals surface area contributed by atoms with Gasteiger partial charge in [0.15, 0.2) is 0 Å². The van der Waals surface area contributed by atoms with Gasteiger partial charge in [0.05, 0.1) is 0 Å². The summed E-state index contributed by atoms with van der Waals surface area (Å²) < 4.78 is 0. The molecule has 2 aliphatic rings. The lowest BCUT2D eigenvalue weighted by Crippen LogP contribution is -2.48. The van der Waals surface area contributed by atoms with E-state index < -0.39 is 0 Å². The summed E-state index contributed by atoms with van der Waals surface area (Å²) in [6.45, 7) is 0. The molecule has 0 amide bonds. The van der Waals surface area contributed by atoms with Crippen molar-refractivity contribution >= 4 is 11.8 Å². The second kappa shape index (κ2) is 2.96. The lowest BCUT2D eigenvalue weighted by atomic mass is 9.92. The van der Waals surface area contributed by atoms with Gasteiger partial charge in [0.2, 0.25) is 0 Å². The van der Waals surface area contributed by atoms with Gasteiger partial charge in [0.25, 0.3) is 0 Å². The minimum atomic E-state index is 0.448. The van der Waals surface area contributed by atoms with Crippen molar-refractivity contribution in [3.8, 4) is 0 Å². The van der Waals surface area contributed by atoms with E-state index in [2.05, 4.69) is 0 Å². The largest absolute Gasteiger partial charge is 0.327 e. The highest BCUT2D eigenvalue weighted by molar-refractivity contribution is 8.00. The minimum Gasteiger partial charge on any atom is -0.327 e. The van der Waals surface area contributed by atoms with Crippen molar-refractivity contribution in [2.75, 3.05) is 0 Å². The molecule has 0 unspecified atom stereocenters. The molecular formula is C8H16N2S. The van der Waals surface area contributed by atoms with Crippen molar-refractivity contribution in [2.45, 2.75) is 48.3 Å². The lowest BCUT2D eigenvalue weighted by Gasteiger charge is -2.41. The summed E-state index contributed by atoms with van der Waals surface area (Å²) >= 11 is 2.04. The third kappa shape index (κ3) is 1.42. The van der Waals surface area contributed by atoms with Crippen molar-refractivity contribution in [3.05, 3.63) is 0 Å². The summed E-state index contributed by atoms with van der Waals surface area (Å²) in [7, 11) is 0. The second-order valence-electron chi connectivity index (χ2n) is 3.70. The van der Waals surface area contributed by atoms with E-state index >= 15 is 0 Å². The fourth-order valence-electron chi connectivity index (χ4n) is 2.08. The summed E-state index contributed by atoms with van der Waals surface area (Å²) in [5, 5.41) is 1.43. The van der Waals surface area contributed by atoms with Crippen molar-refractivity contribution < 1.29 is 0 Å². The van der Waals surface area contributed by atoms with Crippen LogP contribution in [0.2, 0.25) is 0 Å². The molecule has 2 aliphatic heterocycles. The Kier molecular flexibility index (Phi) is 2.12. The normalized spacial score (nSPS) is 50.7. The summed E-state index contributed by atoms with van der Waals surface area (Å²) in [4.78, 5) is 0. The van der Waals surface area contributed by atoms with Crippen LogP contribution in [-0.2, 0) is 0 Å². The molecular weight excluding hydrogens is 156 g/mol. The van der Waals surface area contributed by atoms with Crippen molar-refractivity contribution in [2.24, 2.45) is 11.5 Å². The van der Waals surface area contributed by atoms with E-state index in [9.17, 15) is 0 Å². The molecule has 4 atom stereocenters. The smallest absolute Gasteiger partial charge is 0.0202 e. The molecule has 0 radical (unpaired) electrons. The third-order valence-corrected chi connectivity index (χ3v) is 4.74. The van der Waals surface area contributed by atoms with Crippen LogP contribution in [0.15, 0.2) is 0 Å². The highest BCUT2D eigenvalue weighted by Crippen LogP contribution is 2.40. The van der Waals surface area contributed by atoms with Gasteiger partial charge in [0.1, 0.15) is 0 Å². The number of thioether (sulfide) groups is 1. The number of rotatable bonds is 0. The summed E-state index contributed by atoms with van der Waals surface area (Å²) in [5.74, 6) is 0. The van der Waals surface area contributed by atoms with E-state index in [-0.39, 0.29) is 0 Å². The van der Waals surface area contributed by atoms with Gasteiger partial charge in [-0.05, 0) is 25.7 Å². The first-order chi connectivity index (χ1) is 5.27. The van der Waals surface area contributed by atoms with Crippen LogP contribution < -0.4 is 11.5 Å². The van der Waals surface area contributed by atoms with Crippen molar-refractivity contribution in [1.29, 1.82) is 0 Å². The number of nitrogens with two attached hydrogens (primary N) is 2. The first-order valence-electron chi connectivity index (χ1n) is 4.44. The van der Waals surface area contributed by atoms with E-state index in [0.717, 1.165) is 0 Å². The average Bonchev–Trinajstić information content (AvgIpc) is 2.02. The molecule has 0 saturated carbocycles. The van der Waals surface area contributed by atoms with Gasteiger partial charge in [-0.25, -0.2) is 0 Å². The molecule has 0 aromatic carbocycles. The average molecular weight is 172 g/mol. The van der Waals surface area contributed by atoms with Crippen LogP contribution in [0, 0.1) is 0 Å². The zero-order valence-corrected chi connectivity index (χ0v) is 7.52. The van der Waals surface area contributed by atoms with Crippen LogP contribution in [-0.4, -0.2) is 22.6 Å². The maximum absolute atomic E-state index is 5.97. The Labute approximate surface area is 72.1 Å². The summed E-state index contributed by atoms with van der Waals surface area (Å²) in [5.41, 5.74) is 11.9. The second-order valence-corrected chi connectivity index (χ2v) is 5.18. The maximum Gasteiger partial charge on any atom is 0.0202 e. The van der Waals surface area contributed by atoms with Crippen LogP contribution in [0.5, 0.6) is 0 Å². The lowest BCUT2D eigenvalue weighted by molar-refractivity contribution is 0.406. The maximum atomic E-state index is 5.97. The molecule has 4 N–H and O–H groups in total. The van der Waals surface area contributed by atoms with E-state index in [1.807, 2.05) is 11.8 Å². The van der Waals surface area contributed by atoms with Gasteiger partial charge < -0.3 is 11.5 Å². The molecule has 2 bridgehead atoms. The summed E-state index contributed by atoms with van der Waals surface area (Å²) in [6, 6.07) is 0.896. The topological polar surface area (TPSA) is 52.0 Å². The van der Waals surface area contributed by atoms with Crippen LogP contribution in [0.3, 0.4) is 0 Å². The first kappa shape index (κ1) is 7.90. The molecule has 64 valence electrons. The van der Waals surface area contributed by atoms with Gasteiger partial charge in [-0.3, -0.25) is 0 Å². The zero-order chi connectivity index (χ0) is 7.84. The molecule has 11 heavy (non-hydrogen) atoms. The quantitative estimate of drug-likeness (QED) is 0.565. The molecule has 2 heterocycles. The molecule has 2 rings (SSSR count). The Bertz CT molecular complexity index is 135. The molecule has 2 nitrogen and oxygen atoms in total. The fourth-order valence-corrected chi connectivity index (χ4v) is 3.74. The molecule has 0 spiro atoms. The highest BCUT2D eigenvalue weighted by atomic mass is 32.2. The monoisotopic (exact) mass is 172 g/mol. The fraction of sp³-hybridized carbons (Fsp3) is 1.00. The number of fused-ring (bicyclic) bond motifs is 2. The third-order valence-electron chi connectivity index (χ3n) is 2.87. The van der Waals surface area contributed by atoms with E-state index in [1.165, 1.54) is 25.7 Å². The van der Waals surface area contributed by atoms with E-state index in [0.29, 0.717) is 22.6 Å². The van der Waals surface area contributed by atoms with E-state index in [1.54, 1.807) is 0 Å². The van der Waals surface area contributed by atoms with Crippen LogP contribution in [0.25, 0.3) is 0 Å². The van der Waals surface area contributed by atoms with Gasteiger partial charge in [0, 0.05) is 22.6 Å². The Morgan fingerprint density at radius 3 is 1.73 bits per heavy atom. The predicted octanol–water partition coefficient (Wildman–Crippen LogP) is 0.699. The molecule has 2 saturated heterocycles. The van der Waals surface area contributed by atoms with Crippen LogP contribution in [0.4, 0.5) is 0 Å². The zero-order valence-electron chi connectivity index (χ0n) is 6.70. The van der Waals surface area contributed by atoms with Crippen molar-refractivity contribution in [3.63, 3.8) is 0 Å². The Morgan fingerprint density at radius 2 is 1.27 bits per heavy atom. The van der Waals surface area contributed by atoms with Crippen LogP contribution >= 0.6 is 11.8 Å². The van der Waals surface area contributed by atoms with Crippen molar-refractivity contribution in [1.82, 2.24) is 0 Å². The Morgan fingerprint density at radius 1 is 0.818 bits per heavy atom. The molecule has 0 aromatic rings. The predicted molar refractivity (Wildman–Crippen MR) is 49.6 cm³/mol. The van der Waals surface area contributed by atoms with Crippen LogP contribution in [0.1, 0.15) is 25.7 Å². The summed E-state index contributed by atoms with van der Waals surface area (Å²) in [6.07, 6.45) is 4.86.